The molecule has 0 aliphatic carbocycles. The highest BCUT2D eigenvalue weighted by Gasteiger charge is 2.29. The molecule has 1 aromatic rings. The van der Waals surface area contributed by atoms with Crippen LogP contribution in [-0.4, -0.2) is 24.9 Å². The zero-order chi connectivity index (χ0) is 16.0. The zero-order valence-electron chi connectivity index (χ0n) is 13.2. The van der Waals surface area contributed by atoms with Crippen molar-refractivity contribution in [2.24, 2.45) is 5.92 Å². The minimum absolute atomic E-state index is 0.0120. The van der Waals surface area contributed by atoms with Gasteiger partial charge in [0.25, 0.3) is 0 Å². The molecule has 0 aliphatic rings. The van der Waals surface area contributed by atoms with Crippen molar-refractivity contribution in [2.45, 2.75) is 33.1 Å². The van der Waals surface area contributed by atoms with E-state index >= 15 is 0 Å². The molecule has 4 N–H and O–H groups in total. The highest BCUT2D eigenvalue weighted by Crippen LogP contribution is 2.24. The van der Waals surface area contributed by atoms with Crippen molar-refractivity contribution >= 4 is 17.5 Å². The molecule has 1 rings (SSSR count). The third-order valence-electron chi connectivity index (χ3n) is 3.43. The summed E-state index contributed by atoms with van der Waals surface area (Å²) in [6.45, 7) is 8.23. The van der Waals surface area contributed by atoms with Crippen LogP contribution in [0, 0.1) is 5.92 Å². The molecule has 0 atom stereocenters. The fraction of sp³-hybridized carbons (Fsp3) is 0.500. The number of anilines is 1. The molecule has 0 saturated carbocycles. The highest BCUT2D eigenvalue weighted by atomic mass is 16.2. The minimum atomic E-state index is -0.643. The van der Waals surface area contributed by atoms with Gasteiger partial charge in [-0.3, -0.25) is 9.59 Å². The normalized spacial score (nSPS) is 11.3. The third kappa shape index (κ3) is 4.77. The first kappa shape index (κ1) is 17.0. The molecule has 2 amide bonds. The average molecular weight is 291 g/mol. The van der Waals surface area contributed by atoms with E-state index in [0.29, 0.717) is 18.8 Å². The van der Waals surface area contributed by atoms with Gasteiger partial charge in [0.05, 0.1) is 5.41 Å². The van der Waals surface area contributed by atoms with Crippen molar-refractivity contribution in [3.63, 3.8) is 0 Å². The van der Waals surface area contributed by atoms with E-state index in [1.165, 1.54) is 0 Å². The summed E-state index contributed by atoms with van der Waals surface area (Å²) in [5.41, 5.74) is 6.59. The summed E-state index contributed by atoms with van der Waals surface area (Å²) >= 11 is 0. The predicted molar refractivity (Wildman–Crippen MR) is 84.7 cm³/mol. The second kappa shape index (κ2) is 7.11. The quantitative estimate of drug-likeness (QED) is 0.547. The maximum absolute atomic E-state index is 12.3. The fourth-order valence-electron chi connectivity index (χ4n) is 1.82. The smallest absolute Gasteiger partial charge is 0.230 e. The first-order chi connectivity index (χ1) is 9.75. The Morgan fingerprint density at radius 2 is 1.62 bits per heavy atom. The zero-order valence-corrected chi connectivity index (χ0v) is 13.2. The van der Waals surface area contributed by atoms with E-state index < -0.39 is 5.41 Å². The van der Waals surface area contributed by atoms with Gasteiger partial charge in [-0.2, -0.15) is 0 Å². The van der Waals surface area contributed by atoms with Gasteiger partial charge >= 0.3 is 0 Å². The van der Waals surface area contributed by atoms with Gasteiger partial charge < -0.3 is 16.4 Å². The molecule has 5 nitrogen and oxygen atoms in total. The van der Waals surface area contributed by atoms with E-state index in [1.54, 1.807) is 12.1 Å². The Labute approximate surface area is 126 Å². The molecule has 0 bridgehead atoms. The Hall–Kier alpha value is -2.04. The molecule has 0 saturated heterocycles. The Kier molecular flexibility index (Phi) is 5.76. The van der Waals surface area contributed by atoms with E-state index in [1.807, 2.05) is 39.8 Å². The van der Waals surface area contributed by atoms with E-state index in [4.69, 9.17) is 5.73 Å². The maximum Gasteiger partial charge on any atom is 0.230 e. The van der Waals surface area contributed by atoms with Crippen LogP contribution < -0.4 is 16.4 Å². The number of hydrogen-bond acceptors (Lipinski definition) is 3. The summed E-state index contributed by atoms with van der Waals surface area (Å²) in [5.74, 6) is -0.139. The second-order valence-corrected chi connectivity index (χ2v) is 5.95. The van der Waals surface area contributed by atoms with Crippen LogP contribution in [0.2, 0.25) is 0 Å². The number of nitrogen functional groups attached to an aromatic ring is 1. The van der Waals surface area contributed by atoms with Gasteiger partial charge in [-0.15, -0.1) is 0 Å². The molecule has 0 radical (unpaired) electrons. The summed E-state index contributed by atoms with van der Waals surface area (Å²) in [6, 6.07) is 7.28. The van der Waals surface area contributed by atoms with Crippen molar-refractivity contribution in [2.75, 3.05) is 18.8 Å². The number of benzene rings is 1. The molecular weight excluding hydrogens is 266 g/mol. The van der Waals surface area contributed by atoms with Crippen molar-refractivity contribution in [1.29, 1.82) is 0 Å². The lowest BCUT2D eigenvalue weighted by atomic mass is 9.83. The van der Waals surface area contributed by atoms with Crippen molar-refractivity contribution in [3.05, 3.63) is 29.8 Å². The molecule has 0 spiro atoms. The fourth-order valence-corrected chi connectivity index (χ4v) is 1.82. The summed E-state index contributed by atoms with van der Waals surface area (Å²) in [5, 5.41) is 5.61. The van der Waals surface area contributed by atoms with Crippen molar-refractivity contribution in [3.8, 4) is 0 Å². The van der Waals surface area contributed by atoms with E-state index in [2.05, 4.69) is 10.6 Å². The van der Waals surface area contributed by atoms with Crippen molar-refractivity contribution in [1.82, 2.24) is 10.6 Å². The van der Waals surface area contributed by atoms with Crippen LogP contribution in [0.4, 0.5) is 5.69 Å². The summed E-state index contributed by atoms with van der Waals surface area (Å²) in [4.78, 5) is 23.7. The van der Waals surface area contributed by atoms with Gasteiger partial charge in [-0.25, -0.2) is 0 Å². The number of nitrogens with two attached hydrogens (primary N) is 1. The monoisotopic (exact) mass is 291 g/mol. The Balaban J connectivity index is 2.50. The number of rotatable bonds is 6. The van der Waals surface area contributed by atoms with E-state index in [-0.39, 0.29) is 17.7 Å². The van der Waals surface area contributed by atoms with Crippen LogP contribution in [0.25, 0.3) is 0 Å². The first-order valence-corrected chi connectivity index (χ1v) is 7.17. The topological polar surface area (TPSA) is 84.2 Å². The van der Waals surface area contributed by atoms with Gasteiger partial charge in [0.15, 0.2) is 0 Å². The largest absolute Gasteiger partial charge is 0.399 e. The molecule has 0 aliphatic heterocycles. The summed E-state index contributed by atoms with van der Waals surface area (Å²) in [7, 11) is 0. The lowest BCUT2D eigenvalue weighted by Crippen LogP contribution is -2.43. The Bertz CT molecular complexity index is 493. The van der Waals surface area contributed by atoms with Gasteiger partial charge in [0, 0.05) is 24.7 Å². The van der Waals surface area contributed by atoms with Crippen LogP contribution in [0.3, 0.4) is 0 Å². The number of carbonyl (C=O) groups is 2. The van der Waals surface area contributed by atoms with Crippen molar-refractivity contribution < 1.29 is 9.59 Å². The van der Waals surface area contributed by atoms with E-state index in [0.717, 1.165) is 5.56 Å². The molecular formula is C16H25N3O2. The van der Waals surface area contributed by atoms with Gasteiger partial charge in [-0.05, 0) is 31.5 Å². The standard InChI is InChI=1S/C16H25N3O2/c1-11(2)14(20)18-9-10-19-15(21)16(3,4)12-5-7-13(17)8-6-12/h5-8,11H,9-10,17H2,1-4H3,(H,18,20)(H,19,21). The van der Waals surface area contributed by atoms with E-state index in [9.17, 15) is 9.59 Å². The molecule has 21 heavy (non-hydrogen) atoms. The molecule has 116 valence electrons. The third-order valence-corrected chi connectivity index (χ3v) is 3.43. The molecule has 5 heteroatoms. The second-order valence-electron chi connectivity index (χ2n) is 5.95. The number of amides is 2. The molecule has 1 aromatic carbocycles. The molecule has 0 unspecified atom stereocenters. The molecule has 0 heterocycles. The van der Waals surface area contributed by atoms with Crippen LogP contribution in [0.1, 0.15) is 33.3 Å². The van der Waals surface area contributed by atoms with Crippen LogP contribution in [0.15, 0.2) is 24.3 Å². The van der Waals surface area contributed by atoms with Gasteiger partial charge in [-0.1, -0.05) is 26.0 Å². The van der Waals surface area contributed by atoms with Crippen LogP contribution in [0.5, 0.6) is 0 Å². The SMILES string of the molecule is CC(C)C(=O)NCCNC(=O)C(C)(C)c1ccc(N)cc1. The molecule has 0 fully saturated rings. The number of carbonyl (C=O) groups excluding carboxylic acids is 2. The van der Waals surface area contributed by atoms with Crippen LogP contribution in [-0.2, 0) is 15.0 Å². The average Bonchev–Trinajstić information content (AvgIpc) is 2.43. The number of nitrogens with one attached hydrogen (secondary N) is 2. The Morgan fingerprint density at radius 1 is 1.10 bits per heavy atom. The predicted octanol–water partition coefficient (Wildman–Crippen LogP) is 1.43. The minimum Gasteiger partial charge on any atom is -0.399 e. The number of hydrogen-bond donors (Lipinski definition) is 3. The van der Waals surface area contributed by atoms with Gasteiger partial charge in [0.2, 0.25) is 11.8 Å². The maximum atomic E-state index is 12.3. The lowest BCUT2D eigenvalue weighted by molar-refractivity contribution is -0.126. The molecule has 0 aromatic heterocycles. The van der Waals surface area contributed by atoms with Crippen LogP contribution >= 0.6 is 0 Å². The highest BCUT2D eigenvalue weighted by molar-refractivity contribution is 5.87. The summed E-state index contributed by atoms with van der Waals surface area (Å²) in [6.07, 6.45) is 0. The first-order valence-electron chi connectivity index (χ1n) is 7.17. The Morgan fingerprint density at radius 3 is 2.14 bits per heavy atom. The van der Waals surface area contributed by atoms with Gasteiger partial charge in [0.1, 0.15) is 0 Å². The summed E-state index contributed by atoms with van der Waals surface area (Å²) < 4.78 is 0. The lowest BCUT2D eigenvalue weighted by Gasteiger charge is -2.24.